The lowest BCUT2D eigenvalue weighted by Gasteiger charge is -2.18. The molecular weight excluding hydrogens is 254 g/mol. The Morgan fingerprint density at radius 2 is 2.22 bits per heavy atom. The summed E-state index contributed by atoms with van der Waals surface area (Å²) in [4.78, 5) is 3.94. The predicted octanol–water partition coefficient (Wildman–Crippen LogP) is 0.728. The van der Waals surface area contributed by atoms with Gasteiger partial charge in [-0.15, -0.1) is 0 Å². The Morgan fingerprint density at radius 3 is 2.78 bits per heavy atom. The molecule has 0 saturated carbocycles. The molecule has 0 bridgehead atoms. The van der Waals surface area contributed by atoms with E-state index in [0.717, 1.165) is 6.42 Å². The molecule has 0 fully saturated rings. The van der Waals surface area contributed by atoms with Crippen molar-refractivity contribution < 1.29 is 19.1 Å². The summed E-state index contributed by atoms with van der Waals surface area (Å²) in [5.74, 6) is 0.661. The van der Waals surface area contributed by atoms with Crippen LogP contribution in [0.15, 0.2) is 4.99 Å². The van der Waals surface area contributed by atoms with Gasteiger partial charge in [-0.05, 0) is 13.8 Å². The van der Waals surface area contributed by atoms with Crippen molar-refractivity contribution in [3.8, 4) is 0 Å². The Kier molecular flexibility index (Phi) is 6.59. The third kappa shape index (κ3) is 7.33. The van der Waals surface area contributed by atoms with Crippen LogP contribution in [-0.2, 0) is 20.6 Å². The van der Waals surface area contributed by atoms with Crippen LogP contribution in [0.3, 0.4) is 0 Å². The molecule has 0 radical (unpaired) electrons. The van der Waals surface area contributed by atoms with Crippen LogP contribution >= 0.6 is 0 Å². The second kappa shape index (κ2) is 7.45. The van der Waals surface area contributed by atoms with Gasteiger partial charge in [0.2, 0.25) is 0 Å². The Bertz CT molecular complexity index is 267. The fourth-order valence-electron chi connectivity index (χ4n) is 1.50. The molecular formula is C12H23NO4S. The molecule has 0 saturated heterocycles. The summed E-state index contributed by atoms with van der Waals surface area (Å²) in [5, 5.41) is 9.75. The average molecular weight is 277 g/mol. The van der Waals surface area contributed by atoms with Crippen molar-refractivity contribution in [3.05, 3.63) is 0 Å². The highest BCUT2D eigenvalue weighted by Gasteiger charge is 2.32. The second-order valence-electron chi connectivity index (χ2n) is 4.83. The Hall–Kier alpha value is -0.140. The van der Waals surface area contributed by atoms with Crippen molar-refractivity contribution in [2.24, 2.45) is 4.99 Å². The summed E-state index contributed by atoms with van der Waals surface area (Å²) in [6.07, 6.45) is 4.15. The van der Waals surface area contributed by atoms with Gasteiger partial charge in [0, 0.05) is 12.8 Å². The van der Waals surface area contributed by atoms with Crippen LogP contribution in [0, 0.1) is 0 Å². The summed E-state index contributed by atoms with van der Waals surface area (Å²) < 4.78 is 21.8. The maximum absolute atomic E-state index is 10.8. The first-order valence-electron chi connectivity index (χ1n) is 6.21. The second-order valence-corrected chi connectivity index (χ2v) is 6.38. The zero-order valence-corrected chi connectivity index (χ0v) is 12.1. The zero-order chi connectivity index (χ0) is 13.6. The molecule has 0 aromatic heterocycles. The molecule has 0 amide bonds. The van der Waals surface area contributed by atoms with Gasteiger partial charge >= 0.3 is 0 Å². The van der Waals surface area contributed by atoms with E-state index < -0.39 is 23.0 Å². The summed E-state index contributed by atoms with van der Waals surface area (Å²) in [6.45, 7) is 4.62. The zero-order valence-electron chi connectivity index (χ0n) is 11.3. The van der Waals surface area contributed by atoms with E-state index >= 15 is 0 Å². The molecule has 1 aliphatic heterocycles. The van der Waals surface area contributed by atoms with Gasteiger partial charge in [-0.3, -0.25) is 4.99 Å². The smallest absolute Gasteiger partial charge is 0.191 e. The van der Waals surface area contributed by atoms with E-state index in [1.807, 2.05) is 13.8 Å². The maximum atomic E-state index is 10.8. The van der Waals surface area contributed by atoms with Crippen LogP contribution in [0.2, 0.25) is 0 Å². The predicted molar refractivity (Wildman–Crippen MR) is 72.4 cm³/mol. The molecule has 0 aromatic carbocycles. The van der Waals surface area contributed by atoms with Crippen LogP contribution < -0.4 is 0 Å². The van der Waals surface area contributed by atoms with Crippen molar-refractivity contribution >= 4 is 17.4 Å². The van der Waals surface area contributed by atoms with E-state index in [-0.39, 0.29) is 12.7 Å². The highest BCUT2D eigenvalue weighted by molar-refractivity contribution is 7.90. The minimum Gasteiger partial charge on any atom is -0.617 e. The van der Waals surface area contributed by atoms with E-state index in [9.17, 15) is 9.66 Å². The van der Waals surface area contributed by atoms with E-state index in [0.29, 0.717) is 18.8 Å². The van der Waals surface area contributed by atoms with Crippen LogP contribution in [0.5, 0.6) is 0 Å². The number of hydrogen-bond donors (Lipinski definition) is 1. The first-order valence-corrected chi connectivity index (χ1v) is 7.94. The van der Waals surface area contributed by atoms with Crippen molar-refractivity contribution in [1.29, 1.82) is 0 Å². The standard InChI is InChI=1S/C12H23NO4S/c1-10(16-5-4-6-18(3)15)7-11(14)8-17-12(2)9-13-12/h9-11,14H,4-8H2,1-3H3. The van der Waals surface area contributed by atoms with Gasteiger partial charge in [-0.2, -0.15) is 0 Å². The fraction of sp³-hybridized carbons (Fsp3) is 0.917. The molecule has 1 N–H and O–H groups in total. The monoisotopic (exact) mass is 277 g/mol. The minimum absolute atomic E-state index is 0.0261. The van der Waals surface area contributed by atoms with E-state index in [1.54, 1.807) is 12.5 Å². The number of aliphatic hydroxyl groups excluding tert-OH is 1. The van der Waals surface area contributed by atoms with Crippen molar-refractivity contribution in [2.45, 2.75) is 44.6 Å². The summed E-state index contributed by atoms with van der Waals surface area (Å²) in [5.41, 5.74) is -0.476. The third-order valence-electron chi connectivity index (χ3n) is 2.64. The van der Waals surface area contributed by atoms with Crippen molar-refractivity contribution in [1.82, 2.24) is 0 Å². The number of aliphatic hydroxyl groups is 1. The summed E-state index contributed by atoms with van der Waals surface area (Å²) >= 11 is -0.760. The van der Waals surface area contributed by atoms with Gasteiger partial charge in [0.15, 0.2) is 5.72 Å². The molecule has 0 aromatic rings. The summed E-state index contributed by atoms with van der Waals surface area (Å²) in [6, 6.07) is 0. The van der Waals surface area contributed by atoms with E-state index in [1.165, 1.54) is 0 Å². The molecule has 4 unspecified atom stereocenters. The largest absolute Gasteiger partial charge is 0.617 e. The van der Waals surface area contributed by atoms with Gasteiger partial charge in [-0.1, -0.05) is 11.2 Å². The molecule has 0 aliphatic carbocycles. The lowest BCUT2D eigenvalue weighted by atomic mass is 10.2. The van der Waals surface area contributed by atoms with Crippen LogP contribution in [-0.4, -0.2) is 59.0 Å². The van der Waals surface area contributed by atoms with Gasteiger partial charge in [0.25, 0.3) is 0 Å². The number of rotatable bonds is 10. The van der Waals surface area contributed by atoms with Crippen molar-refractivity contribution in [2.75, 3.05) is 25.2 Å². The molecule has 0 spiro atoms. The number of ether oxygens (including phenoxy) is 2. The molecule has 5 nitrogen and oxygen atoms in total. The van der Waals surface area contributed by atoms with Crippen LogP contribution in [0.25, 0.3) is 0 Å². The molecule has 1 aliphatic rings. The molecule has 1 rings (SSSR count). The van der Waals surface area contributed by atoms with Crippen LogP contribution in [0.1, 0.15) is 26.7 Å². The van der Waals surface area contributed by atoms with Crippen molar-refractivity contribution in [3.63, 3.8) is 0 Å². The van der Waals surface area contributed by atoms with Crippen LogP contribution in [0.4, 0.5) is 0 Å². The fourth-order valence-corrected chi connectivity index (χ4v) is 2.02. The van der Waals surface area contributed by atoms with Gasteiger partial charge < -0.3 is 19.1 Å². The number of nitrogens with zero attached hydrogens (tertiary/aromatic N) is 1. The number of hydrogen-bond acceptors (Lipinski definition) is 5. The lowest BCUT2D eigenvalue weighted by molar-refractivity contribution is -0.0363. The number of aliphatic imine (C=N–C) groups is 1. The Labute approximate surface area is 112 Å². The topological polar surface area (TPSA) is 74.1 Å². The normalized spacial score (nSPS) is 26.9. The molecule has 6 heteroatoms. The first-order chi connectivity index (χ1) is 8.41. The minimum atomic E-state index is -0.760. The highest BCUT2D eigenvalue weighted by Crippen LogP contribution is 2.21. The average Bonchev–Trinajstić information content (AvgIpc) is 3.01. The lowest BCUT2D eigenvalue weighted by Crippen LogP contribution is -2.27. The van der Waals surface area contributed by atoms with Gasteiger partial charge in [0.1, 0.15) is 5.75 Å². The third-order valence-corrected chi connectivity index (χ3v) is 3.51. The molecule has 106 valence electrons. The Balaban J connectivity index is 1.98. The summed E-state index contributed by atoms with van der Waals surface area (Å²) in [7, 11) is 0. The SMILES string of the molecule is CC(CC(O)COC1(C)C=N1)OCCC[S+](C)[O-]. The molecule has 4 atom stereocenters. The van der Waals surface area contributed by atoms with E-state index in [2.05, 4.69) is 4.99 Å². The van der Waals surface area contributed by atoms with Gasteiger partial charge in [-0.25, -0.2) is 0 Å². The highest BCUT2D eigenvalue weighted by atomic mass is 32.2. The molecule has 1 heterocycles. The molecule has 18 heavy (non-hydrogen) atoms. The maximum Gasteiger partial charge on any atom is 0.191 e. The first kappa shape index (κ1) is 15.9. The quantitative estimate of drug-likeness (QED) is 0.472. The van der Waals surface area contributed by atoms with Gasteiger partial charge in [0.05, 0.1) is 37.9 Å². The van der Waals surface area contributed by atoms with E-state index in [4.69, 9.17) is 9.47 Å². The Morgan fingerprint density at radius 1 is 1.56 bits per heavy atom.